The molecule has 18 heavy (non-hydrogen) atoms. The topological polar surface area (TPSA) is 38.7 Å². The molecule has 0 bridgehead atoms. The third-order valence-corrected chi connectivity index (χ3v) is 2.89. The molecule has 0 radical (unpaired) electrons. The summed E-state index contributed by atoms with van der Waals surface area (Å²) in [5.74, 6) is 5.97. The minimum atomic E-state index is -0.0962. The van der Waals surface area contributed by atoms with Crippen molar-refractivity contribution in [3.63, 3.8) is 0 Å². The highest BCUT2D eigenvalue weighted by molar-refractivity contribution is 5.40. The van der Waals surface area contributed by atoms with Crippen LogP contribution < -0.4 is 0 Å². The number of aliphatic hydroxyl groups is 1. The Labute approximate surface area is 108 Å². The van der Waals surface area contributed by atoms with Crippen LogP contribution in [0.15, 0.2) is 24.3 Å². The average Bonchev–Trinajstić information content (AvgIpc) is 2.45. The zero-order chi connectivity index (χ0) is 12.6. The Morgan fingerprint density at radius 1 is 1.33 bits per heavy atom. The monoisotopic (exact) mass is 246 g/mol. The number of rotatable bonds is 3. The van der Waals surface area contributed by atoms with Crippen molar-refractivity contribution in [1.82, 2.24) is 0 Å². The second-order valence-electron chi connectivity index (χ2n) is 4.22. The highest BCUT2D eigenvalue weighted by atomic mass is 16.7. The van der Waals surface area contributed by atoms with E-state index in [9.17, 15) is 0 Å². The van der Waals surface area contributed by atoms with Gasteiger partial charge in [0.2, 0.25) is 0 Å². The summed E-state index contributed by atoms with van der Waals surface area (Å²) >= 11 is 0. The van der Waals surface area contributed by atoms with Gasteiger partial charge in [-0.05, 0) is 30.9 Å². The first kappa shape index (κ1) is 13.1. The van der Waals surface area contributed by atoms with E-state index in [0.717, 1.165) is 37.0 Å². The van der Waals surface area contributed by atoms with Crippen LogP contribution in [0, 0.1) is 11.8 Å². The van der Waals surface area contributed by atoms with Gasteiger partial charge in [0.25, 0.3) is 0 Å². The second kappa shape index (κ2) is 7.17. The first-order chi connectivity index (χ1) is 8.90. The van der Waals surface area contributed by atoms with E-state index in [1.54, 1.807) is 0 Å². The number of ether oxygens (including phenoxy) is 2. The molecule has 0 amide bonds. The predicted molar refractivity (Wildman–Crippen MR) is 68.8 cm³/mol. The summed E-state index contributed by atoms with van der Waals surface area (Å²) in [6.07, 6.45) is 3.14. The lowest BCUT2D eigenvalue weighted by Crippen LogP contribution is -2.22. The van der Waals surface area contributed by atoms with Crippen molar-refractivity contribution in [3.05, 3.63) is 35.4 Å². The first-order valence-electron chi connectivity index (χ1n) is 6.31. The van der Waals surface area contributed by atoms with Crippen molar-refractivity contribution in [2.75, 3.05) is 13.2 Å². The molecule has 1 atom stereocenters. The molecule has 1 fully saturated rings. The Morgan fingerprint density at radius 3 is 3.00 bits per heavy atom. The molecule has 1 aromatic rings. The maximum atomic E-state index is 9.16. The molecule has 3 nitrogen and oxygen atoms in total. The summed E-state index contributed by atoms with van der Waals surface area (Å²) < 4.78 is 11.0. The van der Waals surface area contributed by atoms with E-state index < -0.39 is 0 Å². The van der Waals surface area contributed by atoms with Crippen LogP contribution in [-0.2, 0) is 16.1 Å². The lowest BCUT2D eigenvalue weighted by Gasteiger charge is -2.21. The molecule has 1 aromatic carbocycles. The van der Waals surface area contributed by atoms with Crippen molar-refractivity contribution < 1.29 is 14.6 Å². The van der Waals surface area contributed by atoms with E-state index in [-0.39, 0.29) is 12.9 Å². The highest BCUT2D eigenvalue weighted by Gasteiger charge is 2.12. The summed E-state index contributed by atoms with van der Waals surface area (Å²) in [7, 11) is 0. The van der Waals surface area contributed by atoms with Gasteiger partial charge in [0.15, 0.2) is 6.29 Å². The van der Waals surface area contributed by atoms with E-state index in [0.29, 0.717) is 6.61 Å². The van der Waals surface area contributed by atoms with Gasteiger partial charge in [-0.3, -0.25) is 0 Å². The minimum absolute atomic E-state index is 0.0114. The largest absolute Gasteiger partial charge is 0.392 e. The van der Waals surface area contributed by atoms with Crippen LogP contribution in [0.2, 0.25) is 0 Å². The number of hydrogen-bond donors (Lipinski definition) is 1. The maximum Gasteiger partial charge on any atom is 0.158 e. The number of aliphatic hydroxyl groups excluding tert-OH is 1. The third-order valence-electron chi connectivity index (χ3n) is 2.89. The zero-order valence-electron chi connectivity index (χ0n) is 10.4. The highest BCUT2D eigenvalue weighted by Crippen LogP contribution is 2.13. The van der Waals surface area contributed by atoms with Gasteiger partial charge < -0.3 is 14.6 Å². The van der Waals surface area contributed by atoms with Gasteiger partial charge in [-0.25, -0.2) is 0 Å². The van der Waals surface area contributed by atoms with E-state index in [1.807, 2.05) is 24.3 Å². The molecule has 2 rings (SSSR count). The third kappa shape index (κ3) is 3.85. The van der Waals surface area contributed by atoms with Crippen molar-refractivity contribution in [3.8, 4) is 11.8 Å². The molecule has 1 N–H and O–H groups in total. The van der Waals surface area contributed by atoms with Crippen LogP contribution in [0.3, 0.4) is 0 Å². The SMILES string of the molecule is OCc1ccccc1C#CCOC1CCCCO1. The fourth-order valence-corrected chi connectivity index (χ4v) is 1.89. The molecule has 96 valence electrons. The van der Waals surface area contributed by atoms with Crippen LogP contribution >= 0.6 is 0 Å². The van der Waals surface area contributed by atoms with Crippen molar-refractivity contribution >= 4 is 0 Å². The fraction of sp³-hybridized carbons (Fsp3) is 0.467. The minimum Gasteiger partial charge on any atom is -0.392 e. The molecular formula is C15H18O3. The maximum absolute atomic E-state index is 9.16. The van der Waals surface area contributed by atoms with Crippen LogP contribution in [0.25, 0.3) is 0 Å². The predicted octanol–water partition coefficient (Wildman–Crippen LogP) is 2.07. The Balaban J connectivity index is 1.84. The molecule has 1 unspecified atom stereocenters. The fourth-order valence-electron chi connectivity index (χ4n) is 1.89. The van der Waals surface area contributed by atoms with Crippen LogP contribution in [0.1, 0.15) is 30.4 Å². The van der Waals surface area contributed by atoms with E-state index in [2.05, 4.69) is 11.8 Å². The normalized spacial score (nSPS) is 19.1. The Kier molecular flexibility index (Phi) is 5.22. The molecule has 0 aliphatic carbocycles. The average molecular weight is 246 g/mol. The Morgan fingerprint density at radius 2 is 2.22 bits per heavy atom. The molecule has 1 saturated heterocycles. The smallest absolute Gasteiger partial charge is 0.158 e. The van der Waals surface area contributed by atoms with E-state index in [1.165, 1.54) is 0 Å². The first-order valence-corrected chi connectivity index (χ1v) is 6.31. The Hall–Kier alpha value is -1.34. The number of benzene rings is 1. The van der Waals surface area contributed by atoms with Gasteiger partial charge in [-0.2, -0.15) is 0 Å². The van der Waals surface area contributed by atoms with Gasteiger partial charge in [0.1, 0.15) is 6.61 Å². The quantitative estimate of drug-likeness (QED) is 0.830. The van der Waals surface area contributed by atoms with Crippen LogP contribution in [0.4, 0.5) is 0 Å². The van der Waals surface area contributed by atoms with Crippen molar-refractivity contribution in [2.24, 2.45) is 0 Å². The molecule has 3 heteroatoms. The molecular weight excluding hydrogens is 228 g/mol. The van der Waals surface area contributed by atoms with Crippen LogP contribution in [0.5, 0.6) is 0 Å². The van der Waals surface area contributed by atoms with Crippen molar-refractivity contribution in [1.29, 1.82) is 0 Å². The molecule has 1 aliphatic heterocycles. The summed E-state index contributed by atoms with van der Waals surface area (Å²) in [5.41, 5.74) is 1.70. The standard InChI is InChI=1S/C15H18O3/c16-12-14-7-2-1-6-13(14)8-5-11-18-15-9-3-4-10-17-15/h1-2,6-7,15-16H,3-4,9-12H2. The summed E-state index contributed by atoms with van der Waals surface area (Å²) in [6.45, 7) is 1.16. The second-order valence-corrected chi connectivity index (χ2v) is 4.22. The number of hydrogen-bond acceptors (Lipinski definition) is 3. The summed E-state index contributed by atoms with van der Waals surface area (Å²) in [6, 6.07) is 7.57. The lowest BCUT2D eigenvalue weighted by molar-refractivity contribution is -0.154. The van der Waals surface area contributed by atoms with Gasteiger partial charge in [0, 0.05) is 12.2 Å². The van der Waals surface area contributed by atoms with Gasteiger partial charge in [0.05, 0.1) is 6.61 Å². The molecule has 0 spiro atoms. The Bertz CT molecular complexity index is 425. The molecule has 1 heterocycles. The van der Waals surface area contributed by atoms with E-state index >= 15 is 0 Å². The van der Waals surface area contributed by atoms with Gasteiger partial charge in [-0.1, -0.05) is 30.0 Å². The van der Waals surface area contributed by atoms with Gasteiger partial charge in [-0.15, -0.1) is 0 Å². The summed E-state index contributed by atoms with van der Waals surface area (Å²) in [4.78, 5) is 0. The van der Waals surface area contributed by atoms with E-state index in [4.69, 9.17) is 14.6 Å². The molecule has 1 aliphatic rings. The zero-order valence-corrected chi connectivity index (χ0v) is 10.4. The lowest BCUT2D eigenvalue weighted by atomic mass is 10.1. The van der Waals surface area contributed by atoms with Gasteiger partial charge >= 0.3 is 0 Å². The molecule has 0 aromatic heterocycles. The molecule has 0 saturated carbocycles. The van der Waals surface area contributed by atoms with Crippen molar-refractivity contribution in [2.45, 2.75) is 32.2 Å². The summed E-state index contributed by atoms with van der Waals surface area (Å²) in [5, 5.41) is 9.16. The van der Waals surface area contributed by atoms with Crippen LogP contribution in [-0.4, -0.2) is 24.6 Å².